The minimum Gasteiger partial charge on any atom is -0.478 e. The molecule has 0 fully saturated rings. The van der Waals surface area contributed by atoms with Gasteiger partial charge in [-0.1, -0.05) is 18.2 Å². The molecule has 2 N–H and O–H groups in total. The first-order chi connectivity index (χ1) is 7.65. The van der Waals surface area contributed by atoms with Gasteiger partial charge in [-0.3, -0.25) is 0 Å². The summed E-state index contributed by atoms with van der Waals surface area (Å²) in [6.07, 6.45) is 0. The van der Waals surface area contributed by atoms with Crippen molar-refractivity contribution in [3.63, 3.8) is 0 Å². The fourth-order valence-corrected chi connectivity index (χ4v) is 1.54. The van der Waals surface area contributed by atoms with Gasteiger partial charge in [0.2, 0.25) is 0 Å². The molecule has 4 nitrogen and oxygen atoms in total. The maximum absolute atomic E-state index is 11.0. The first-order valence-electron chi connectivity index (χ1n) is 5.29. The molecule has 0 radical (unpaired) electrons. The molecule has 0 aliphatic carbocycles. The zero-order chi connectivity index (χ0) is 12.0. The summed E-state index contributed by atoms with van der Waals surface area (Å²) in [6.45, 7) is 2.44. The average Bonchev–Trinajstić information content (AvgIpc) is 2.27. The maximum Gasteiger partial charge on any atom is 0.336 e. The lowest BCUT2D eigenvalue weighted by Crippen LogP contribution is -2.27. The molecule has 0 heterocycles. The zero-order valence-electron chi connectivity index (χ0n) is 9.73. The Morgan fingerprint density at radius 1 is 1.44 bits per heavy atom. The van der Waals surface area contributed by atoms with Crippen LogP contribution in [-0.4, -0.2) is 43.2 Å². The molecule has 0 aromatic heterocycles. The van der Waals surface area contributed by atoms with E-state index in [0.717, 1.165) is 18.7 Å². The van der Waals surface area contributed by atoms with E-state index in [9.17, 15) is 4.79 Å². The van der Waals surface area contributed by atoms with E-state index in [-0.39, 0.29) is 0 Å². The highest BCUT2D eigenvalue weighted by atomic mass is 16.4. The highest BCUT2D eigenvalue weighted by Gasteiger charge is 2.10. The van der Waals surface area contributed by atoms with Crippen molar-refractivity contribution in [2.24, 2.45) is 0 Å². The van der Waals surface area contributed by atoms with E-state index in [1.807, 2.05) is 26.2 Å². The van der Waals surface area contributed by atoms with E-state index in [2.05, 4.69) is 10.2 Å². The summed E-state index contributed by atoms with van der Waals surface area (Å²) in [5, 5.41) is 12.1. The Hall–Kier alpha value is -1.39. The van der Waals surface area contributed by atoms with E-state index in [0.29, 0.717) is 12.1 Å². The number of aromatic carboxylic acids is 1. The smallest absolute Gasteiger partial charge is 0.336 e. The van der Waals surface area contributed by atoms with Gasteiger partial charge in [0.25, 0.3) is 0 Å². The Labute approximate surface area is 95.9 Å². The second-order valence-corrected chi connectivity index (χ2v) is 3.80. The van der Waals surface area contributed by atoms with Gasteiger partial charge in [-0.25, -0.2) is 4.79 Å². The number of carboxylic acids is 1. The van der Waals surface area contributed by atoms with Gasteiger partial charge in [0, 0.05) is 19.6 Å². The molecular formula is C12H18N2O2. The van der Waals surface area contributed by atoms with Crippen molar-refractivity contribution >= 4 is 5.97 Å². The summed E-state index contributed by atoms with van der Waals surface area (Å²) < 4.78 is 0. The number of nitrogens with zero attached hydrogens (tertiary/aromatic N) is 1. The molecule has 0 saturated heterocycles. The number of hydrogen-bond acceptors (Lipinski definition) is 3. The predicted octanol–water partition coefficient (Wildman–Crippen LogP) is 1.04. The molecule has 0 saturated carbocycles. The third-order valence-corrected chi connectivity index (χ3v) is 2.43. The van der Waals surface area contributed by atoms with Crippen molar-refractivity contribution in [1.82, 2.24) is 10.2 Å². The summed E-state index contributed by atoms with van der Waals surface area (Å²) in [4.78, 5) is 13.1. The van der Waals surface area contributed by atoms with Crippen LogP contribution in [0.25, 0.3) is 0 Å². The summed E-state index contributed by atoms with van der Waals surface area (Å²) in [6, 6.07) is 7.12. The van der Waals surface area contributed by atoms with Gasteiger partial charge in [0.1, 0.15) is 0 Å². The molecule has 1 aromatic rings. The Morgan fingerprint density at radius 2 is 2.12 bits per heavy atom. The first-order valence-corrected chi connectivity index (χ1v) is 5.29. The molecule has 4 heteroatoms. The lowest BCUT2D eigenvalue weighted by molar-refractivity contribution is 0.0694. The molecule has 1 rings (SSSR count). The van der Waals surface area contributed by atoms with Crippen molar-refractivity contribution in [3.8, 4) is 0 Å². The number of carbonyl (C=O) groups is 1. The van der Waals surface area contributed by atoms with Crippen LogP contribution in [0.5, 0.6) is 0 Å². The molecule has 0 bridgehead atoms. The molecular weight excluding hydrogens is 204 g/mol. The molecule has 0 aliphatic heterocycles. The zero-order valence-corrected chi connectivity index (χ0v) is 9.73. The van der Waals surface area contributed by atoms with Crippen molar-refractivity contribution in [2.75, 3.05) is 27.2 Å². The van der Waals surface area contributed by atoms with Gasteiger partial charge in [0.15, 0.2) is 0 Å². The number of likely N-dealkylation sites (N-methyl/N-ethyl adjacent to an activating group) is 2. The fourth-order valence-electron chi connectivity index (χ4n) is 1.54. The van der Waals surface area contributed by atoms with Gasteiger partial charge in [-0.15, -0.1) is 0 Å². The fraction of sp³-hybridized carbons (Fsp3) is 0.417. The van der Waals surface area contributed by atoms with Gasteiger partial charge >= 0.3 is 5.97 Å². The Balaban J connectivity index is 2.69. The van der Waals surface area contributed by atoms with E-state index in [1.54, 1.807) is 12.1 Å². The van der Waals surface area contributed by atoms with Crippen LogP contribution in [0.2, 0.25) is 0 Å². The molecule has 88 valence electrons. The SMILES string of the molecule is CNCCN(C)Cc1ccccc1C(=O)O. The Bertz CT molecular complexity index is 353. The van der Waals surface area contributed by atoms with Crippen molar-refractivity contribution in [3.05, 3.63) is 35.4 Å². The first kappa shape index (κ1) is 12.7. The molecule has 16 heavy (non-hydrogen) atoms. The molecule has 1 aromatic carbocycles. The molecule has 0 unspecified atom stereocenters. The van der Waals surface area contributed by atoms with Crippen molar-refractivity contribution in [2.45, 2.75) is 6.54 Å². The van der Waals surface area contributed by atoms with Crippen LogP contribution in [0.1, 0.15) is 15.9 Å². The van der Waals surface area contributed by atoms with Crippen LogP contribution >= 0.6 is 0 Å². The normalized spacial score (nSPS) is 10.7. The maximum atomic E-state index is 11.0. The molecule has 0 spiro atoms. The third-order valence-electron chi connectivity index (χ3n) is 2.43. The van der Waals surface area contributed by atoms with E-state index in [4.69, 9.17) is 5.11 Å². The topological polar surface area (TPSA) is 52.6 Å². The minimum absolute atomic E-state index is 0.388. The van der Waals surface area contributed by atoms with Gasteiger partial charge in [-0.2, -0.15) is 0 Å². The van der Waals surface area contributed by atoms with Crippen LogP contribution in [0.4, 0.5) is 0 Å². The number of hydrogen-bond donors (Lipinski definition) is 2. The van der Waals surface area contributed by atoms with E-state index in [1.165, 1.54) is 0 Å². The van der Waals surface area contributed by atoms with Crippen LogP contribution in [-0.2, 0) is 6.54 Å². The number of rotatable bonds is 6. The lowest BCUT2D eigenvalue weighted by Gasteiger charge is -2.17. The summed E-state index contributed by atoms with van der Waals surface area (Å²) >= 11 is 0. The summed E-state index contributed by atoms with van der Waals surface area (Å²) in [7, 11) is 3.88. The highest BCUT2D eigenvalue weighted by Crippen LogP contribution is 2.10. The van der Waals surface area contributed by atoms with Gasteiger partial charge < -0.3 is 15.3 Å². The van der Waals surface area contributed by atoms with Crippen LogP contribution < -0.4 is 5.32 Å². The lowest BCUT2D eigenvalue weighted by atomic mass is 10.1. The minimum atomic E-state index is -0.863. The largest absolute Gasteiger partial charge is 0.478 e. The van der Waals surface area contributed by atoms with Gasteiger partial charge in [0.05, 0.1) is 5.56 Å². The highest BCUT2D eigenvalue weighted by molar-refractivity contribution is 5.89. The number of nitrogens with one attached hydrogen (secondary N) is 1. The average molecular weight is 222 g/mol. The van der Waals surface area contributed by atoms with E-state index < -0.39 is 5.97 Å². The van der Waals surface area contributed by atoms with E-state index >= 15 is 0 Å². The van der Waals surface area contributed by atoms with Gasteiger partial charge in [-0.05, 0) is 25.7 Å². The summed E-state index contributed by atoms with van der Waals surface area (Å²) in [5.41, 5.74) is 1.24. The predicted molar refractivity (Wildman–Crippen MR) is 63.7 cm³/mol. The van der Waals surface area contributed by atoms with Crippen molar-refractivity contribution in [1.29, 1.82) is 0 Å². The van der Waals surface area contributed by atoms with Crippen LogP contribution in [0.3, 0.4) is 0 Å². The van der Waals surface area contributed by atoms with Crippen LogP contribution in [0, 0.1) is 0 Å². The van der Waals surface area contributed by atoms with Crippen LogP contribution in [0.15, 0.2) is 24.3 Å². The quantitative estimate of drug-likeness (QED) is 0.755. The Kier molecular flexibility index (Phi) is 4.95. The monoisotopic (exact) mass is 222 g/mol. The second-order valence-electron chi connectivity index (χ2n) is 3.80. The second kappa shape index (κ2) is 6.25. The number of benzene rings is 1. The molecule has 0 aliphatic rings. The standard InChI is InChI=1S/C12H18N2O2/c1-13-7-8-14(2)9-10-5-3-4-6-11(10)12(15)16/h3-6,13H,7-9H2,1-2H3,(H,15,16). The van der Waals surface area contributed by atoms with Crippen molar-refractivity contribution < 1.29 is 9.90 Å². The third kappa shape index (κ3) is 3.64. The summed E-state index contributed by atoms with van der Waals surface area (Å²) in [5.74, 6) is -0.863. The Morgan fingerprint density at radius 3 is 2.75 bits per heavy atom. The molecule has 0 atom stereocenters. The molecule has 0 amide bonds. The number of carboxylic acid groups (broad SMARTS) is 1.